The minimum Gasteiger partial charge on any atom is -0.392 e. The lowest BCUT2D eigenvalue weighted by molar-refractivity contribution is 0.145. The van der Waals surface area contributed by atoms with Crippen LogP contribution in [0, 0.1) is 0 Å². The van der Waals surface area contributed by atoms with Gasteiger partial charge in [0, 0.05) is 12.1 Å². The standard InChI is InChI=1S/C8H17NO/c1-6(2)9-7-4-3-5-8(7)10/h6-10H,3-5H2,1-2H3/t7-,8-/m0/s1. The maximum Gasteiger partial charge on any atom is 0.0693 e. The van der Waals surface area contributed by atoms with Crippen LogP contribution in [-0.2, 0) is 0 Å². The van der Waals surface area contributed by atoms with E-state index >= 15 is 0 Å². The molecule has 0 unspecified atom stereocenters. The predicted octanol–water partition coefficient (Wildman–Crippen LogP) is 0.898. The van der Waals surface area contributed by atoms with Crippen LogP contribution < -0.4 is 5.32 Å². The van der Waals surface area contributed by atoms with Gasteiger partial charge in [0.2, 0.25) is 0 Å². The van der Waals surface area contributed by atoms with Crippen LogP contribution in [0.4, 0.5) is 0 Å². The van der Waals surface area contributed by atoms with Crippen LogP contribution in [0.25, 0.3) is 0 Å². The maximum atomic E-state index is 9.38. The molecule has 1 fully saturated rings. The molecule has 0 heterocycles. The van der Waals surface area contributed by atoms with Crippen molar-refractivity contribution in [3.05, 3.63) is 0 Å². The topological polar surface area (TPSA) is 32.3 Å². The first-order valence-electron chi connectivity index (χ1n) is 4.14. The molecule has 2 atom stereocenters. The fourth-order valence-corrected chi connectivity index (χ4v) is 1.56. The zero-order chi connectivity index (χ0) is 7.56. The predicted molar refractivity (Wildman–Crippen MR) is 41.9 cm³/mol. The Bertz CT molecular complexity index is 103. The van der Waals surface area contributed by atoms with E-state index in [4.69, 9.17) is 0 Å². The minimum absolute atomic E-state index is 0.0950. The van der Waals surface area contributed by atoms with Crippen molar-refractivity contribution in [1.82, 2.24) is 5.32 Å². The second-order valence-electron chi connectivity index (χ2n) is 3.43. The van der Waals surface area contributed by atoms with Crippen LogP contribution in [-0.4, -0.2) is 23.3 Å². The molecular formula is C8H17NO. The average molecular weight is 143 g/mol. The smallest absolute Gasteiger partial charge is 0.0693 e. The van der Waals surface area contributed by atoms with Gasteiger partial charge in [-0.05, 0) is 19.3 Å². The summed E-state index contributed by atoms with van der Waals surface area (Å²) in [6, 6.07) is 0.859. The van der Waals surface area contributed by atoms with Gasteiger partial charge in [0.1, 0.15) is 0 Å². The molecule has 1 saturated carbocycles. The van der Waals surface area contributed by atoms with Gasteiger partial charge < -0.3 is 10.4 Å². The van der Waals surface area contributed by atoms with Gasteiger partial charge in [0.15, 0.2) is 0 Å². The summed E-state index contributed by atoms with van der Waals surface area (Å²) in [5.74, 6) is 0. The molecule has 0 amide bonds. The molecule has 2 nitrogen and oxygen atoms in total. The SMILES string of the molecule is CC(C)N[C@H]1CCC[C@@H]1O. The molecule has 0 radical (unpaired) electrons. The average Bonchev–Trinajstić information content (AvgIpc) is 2.15. The molecule has 0 aromatic rings. The Kier molecular flexibility index (Phi) is 2.69. The van der Waals surface area contributed by atoms with Crippen LogP contribution in [0.1, 0.15) is 33.1 Å². The summed E-state index contributed by atoms with van der Waals surface area (Å²) < 4.78 is 0. The third kappa shape index (κ3) is 1.96. The lowest BCUT2D eigenvalue weighted by atomic mass is 10.2. The van der Waals surface area contributed by atoms with Gasteiger partial charge in [0.25, 0.3) is 0 Å². The van der Waals surface area contributed by atoms with Crippen molar-refractivity contribution in [2.45, 2.75) is 51.3 Å². The van der Waals surface area contributed by atoms with E-state index in [2.05, 4.69) is 19.2 Å². The molecule has 0 aliphatic heterocycles. The Morgan fingerprint density at radius 2 is 2.10 bits per heavy atom. The number of nitrogens with one attached hydrogen (secondary N) is 1. The molecule has 0 aromatic carbocycles. The van der Waals surface area contributed by atoms with Gasteiger partial charge in [0.05, 0.1) is 6.10 Å². The van der Waals surface area contributed by atoms with Crippen molar-refractivity contribution >= 4 is 0 Å². The molecule has 60 valence electrons. The van der Waals surface area contributed by atoms with E-state index in [0.29, 0.717) is 12.1 Å². The number of aliphatic hydroxyl groups is 1. The molecule has 10 heavy (non-hydrogen) atoms. The molecular weight excluding hydrogens is 126 g/mol. The lowest BCUT2D eigenvalue weighted by Crippen LogP contribution is -2.39. The maximum absolute atomic E-state index is 9.38. The highest BCUT2D eigenvalue weighted by atomic mass is 16.3. The number of hydrogen-bond donors (Lipinski definition) is 2. The summed E-state index contributed by atoms with van der Waals surface area (Å²) >= 11 is 0. The molecule has 2 N–H and O–H groups in total. The summed E-state index contributed by atoms with van der Waals surface area (Å²) in [4.78, 5) is 0. The van der Waals surface area contributed by atoms with Gasteiger partial charge >= 0.3 is 0 Å². The Labute approximate surface area is 62.6 Å². The lowest BCUT2D eigenvalue weighted by Gasteiger charge is -2.18. The first kappa shape index (κ1) is 8.02. The zero-order valence-corrected chi connectivity index (χ0v) is 6.80. The van der Waals surface area contributed by atoms with Gasteiger partial charge in [-0.15, -0.1) is 0 Å². The number of hydrogen-bond acceptors (Lipinski definition) is 2. The van der Waals surface area contributed by atoms with Gasteiger partial charge in [-0.2, -0.15) is 0 Å². The van der Waals surface area contributed by atoms with E-state index < -0.39 is 0 Å². The van der Waals surface area contributed by atoms with Crippen molar-refractivity contribution in [2.75, 3.05) is 0 Å². The fraction of sp³-hybridized carbons (Fsp3) is 1.00. The van der Waals surface area contributed by atoms with E-state index in [1.165, 1.54) is 6.42 Å². The Morgan fingerprint density at radius 1 is 1.40 bits per heavy atom. The minimum atomic E-state index is -0.0950. The van der Waals surface area contributed by atoms with Crippen LogP contribution in [0.15, 0.2) is 0 Å². The van der Waals surface area contributed by atoms with E-state index in [0.717, 1.165) is 12.8 Å². The molecule has 1 aliphatic carbocycles. The molecule has 2 heteroatoms. The molecule has 0 saturated heterocycles. The van der Waals surface area contributed by atoms with Crippen LogP contribution in [0.5, 0.6) is 0 Å². The van der Waals surface area contributed by atoms with E-state index in [1.807, 2.05) is 0 Å². The van der Waals surface area contributed by atoms with Gasteiger partial charge in [-0.3, -0.25) is 0 Å². The molecule has 0 spiro atoms. The van der Waals surface area contributed by atoms with E-state index in [1.54, 1.807) is 0 Å². The summed E-state index contributed by atoms with van der Waals surface area (Å²) in [7, 11) is 0. The Morgan fingerprint density at radius 3 is 2.50 bits per heavy atom. The first-order chi connectivity index (χ1) is 4.70. The highest BCUT2D eigenvalue weighted by molar-refractivity contribution is 4.83. The van der Waals surface area contributed by atoms with Crippen molar-refractivity contribution in [1.29, 1.82) is 0 Å². The van der Waals surface area contributed by atoms with Crippen molar-refractivity contribution in [2.24, 2.45) is 0 Å². The van der Waals surface area contributed by atoms with Gasteiger partial charge in [-0.25, -0.2) is 0 Å². The Hall–Kier alpha value is -0.0800. The van der Waals surface area contributed by atoms with E-state index in [-0.39, 0.29) is 6.10 Å². The molecule has 1 rings (SSSR count). The summed E-state index contributed by atoms with van der Waals surface area (Å²) in [5, 5.41) is 12.7. The third-order valence-corrected chi connectivity index (χ3v) is 2.03. The van der Waals surface area contributed by atoms with Crippen LogP contribution in [0.3, 0.4) is 0 Å². The molecule has 1 aliphatic rings. The highest BCUT2D eigenvalue weighted by Crippen LogP contribution is 2.18. The van der Waals surface area contributed by atoms with Crippen molar-refractivity contribution in [3.63, 3.8) is 0 Å². The number of rotatable bonds is 2. The highest BCUT2D eigenvalue weighted by Gasteiger charge is 2.24. The van der Waals surface area contributed by atoms with E-state index in [9.17, 15) is 5.11 Å². The largest absolute Gasteiger partial charge is 0.392 e. The quantitative estimate of drug-likeness (QED) is 0.602. The Balaban J connectivity index is 2.26. The monoisotopic (exact) mass is 143 g/mol. The molecule has 0 aromatic heterocycles. The summed E-state index contributed by atoms with van der Waals surface area (Å²) in [6.07, 6.45) is 3.19. The summed E-state index contributed by atoms with van der Waals surface area (Å²) in [5.41, 5.74) is 0. The summed E-state index contributed by atoms with van der Waals surface area (Å²) in [6.45, 7) is 4.23. The number of aliphatic hydroxyl groups excluding tert-OH is 1. The first-order valence-corrected chi connectivity index (χ1v) is 4.14. The normalized spacial score (nSPS) is 33.6. The van der Waals surface area contributed by atoms with Crippen molar-refractivity contribution < 1.29 is 5.11 Å². The third-order valence-electron chi connectivity index (χ3n) is 2.03. The zero-order valence-electron chi connectivity index (χ0n) is 6.80. The van der Waals surface area contributed by atoms with Gasteiger partial charge in [-0.1, -0.05) is 13.8 Å². The fourth-order valence-electron chi connectivity index (χ4n) is 1.56. The van der Waals surface area contributed by atoms with Crippen LogP contribution >= 0.6 is 0 Å². The van der Waals surface area contributed by atoms with Crippen LogP contribution in [0.2, 0.25) is 0 Å². The molecule has 0 bridgehead atoms. The second kappa shape index (κ2) is 3.35. The second-order valence-corrected chi connectivity index (χ2v) is 3.43. The van der Waals surface area contributed by atoms with Crippen molar-refractivity contribution in [3.8, 4) is 0 Å².